The number of aryl methyl sites for hydroxylation is 1. The lowest BCUT2D eigenvalue weighted by Crippen LogP contribution is -2.40. The number of aromatic nitrogens is 2. The number of anilines is 1. The average Bonchev–Trinajstić information content (AvgIpc) is 2.96. The number of hydrogen-bond acceptors (Lipinski definition) is 7. The number of piperidine rings is 1. The van der Waals surface area contributed by atoms with Gasteiger partial charge in [0.15, 0.2) is 0 Å². The van der Waals surface area contributed by atoms with E-state index in [0.717, 1.165) is 41.7 Å². The summed E-state index contributed by atoms with van der Waals surface area (Å²) in [4.78, 5) is 45.6. The molecule has 0 radical (unpaired) electrons. The molecule has 2 aliphatic rings. The molecule has 4 rings (SSSR count). The second-order valence-electron chi connectivity index (χ2n) is 8.60. The van der Waals surface area contributed by atoms with Gasteiger partial charge in [0.1, 0.15) is 22.3 Å². The Kier molecular flexibility index (Phi) is 6.09. The topological polar surface area (TPSA) is 95.2 Å². The molecule has 2 fully saturated rings. The number of aliphatic carboxylic acids is 1. The number of pyridine rings is 1. The largest absolute Gasteiger partial charge is 0.480 e. The van der Waals surface area contributed by atoms with Gasteiger partial charge in [-0.3, -0.25) is 23.7 Å². The molecule has 168 valence electrons. The molecule has 1 N–H and O–H groups in total. The SMILES string of the molecule is Cc1ccc2nc(N3CC(C)CC(C)C3)c(/C=C3\SC(=S)N(CC(=O)O)C3=O)c(=O)n2c1. The van der Waals surface area contributed by atoms with Crippen molar-refractivity contribution < 1.29 is 14.7 Å². The third-order valence-corrected chi connectivity index (χ3v) is 6.97. The maximum absolute atomic E-state index is 13.5. The second-order valence-corrected chi connectivity index (χ2v) is 10.3. The first-order valence-corrected chi connectivity index (χ1v) is 11.6. The molecule has 4 heterocycles. The number of amides is 1. The van der Waals surface area contributed by atoms with Gasteiger partial charge in [-0.2, -0.15) is 0 Å². The lowest BCUT2D eigenvalue weighted by Gasteiger charge is -2.36. The maximum atomic E-state index is 13.5. The van der Waals surface area contributed by atoms with Crippen LogP contribution in [0.3, 0.4) is 0 Å². The van der Waals surface area contributed by atoms with Crippen LogP contribution in [0.2, 0.25) is 0 Å². The molecule has 0 saturated carbocycles. The minimum atomic E-state index is -1.15. The number of rotatable bonds is 4. The van der Waals surface area contributed by atoms with Gasteiger partial charge in [-0.05, 0) is 42.9 Å². The van der Waals surface area contributed by atoms with Crippen LogP contribution in [-0.2, 0) is 9.59 Å². The summed E-state index contributed by atoms with van der Waals surface area (Å²) in [5.74, 6) is -0.233. The standard InChI is InChI=1S/C22H24N4O4S2/c1-12-4-5-17-23-19(24-8-13(2)6-14(3)9-24)15(20(29)25(17)10-12)7-16-21(30)26(11-18(27)28)22(31)32-16/h4-5,7,10,13-14H,6,8-9,11H2,1-3H3,(H,27,28)/b16-7-. The zero-order valence-corrected chi connectivity index (χ0v) is 19.7. The summed E-state index contributed by atoms with van der Waals surface area (Å²) in [6.07, 6.45) is 4.35. The Balaban J connectivity index is 1.87. The summed E-state index contributed by atoms with van der Waals surface area (Å²) in [5.41, 5.74) is 1.48. The Bertz CT molecular complexity index is 1210. The van der Waals surface area contributed by atoms with Crippen molar-refractivity contribution in [2.75, 3.05) is 24.5 Å². The van der Waals surface area contributed by atoms with E-state index in [1.807, 2.05) is 19.1 Å². The van der Waals surface area contributed by atoms with Crippen molar-refractivity contribution in [1.82, 2.24) is 14.3 Å². The monoisotopic (exact) mass is 472 g/mol. The number of carbonyl (C=O) groups excluding carboxylic acids is 1. The molecule has 2 aliphatic heterocycles. The Morgan fingerprint density at radius 2 is 1.97 bits per heavy atom. The summed E-state index contributed by atoms with van der Waals surface area (Å²) in [6.45, 7) is 7.27. The molecule has 2 saturated heterocycles. The molecular weight excluding hydrogens is 448 g/mol. The number of thioether (sulfide) groups is 1. The Hall–Kier alpha value is -2.72. The number of carboxylic acid groups (broad SMARTS) is 1. The molecule has 1 amide bonds. The number of nitrogens with zero attached hydrogens (tertiary/aromatic N) is 4. The molecule has 0 aromatic carbocycles. The Labute approximate surface area is 194 Å². The molecule has 0 bridgehead atoms. The van der Waals surface area contributed by atoms with Gasteiger partial charge in [-0.25, -0.2) is 4.98 Å². The molecule has 8 nitrogen and oxygen atoms in total. The third-order valence-electron chi connectivity index (χ3n) is 5.60. The quantitative estimate of drug-likeness (QED) is 0.536. The van der Waals surface area contributed by atoms with Gasteiger partial charge in [0.25, 0.3) is 11.5 Å². The second kappa shape index (κ2) is 8.67. The molecule has 10 heteroatoms. The summed E-state index contributed by atoms with van der Waals surface area (Å²) in [7, 11) is 0. The van der Waals surface area contributed by atoms with Crippen molar-refractivity contribution in [3.63, 3.8) is 0 Å². The van der Waals surface area contributed by atoms with Crippen molar-refractivity contribution >= 4 is 57.7 Å². The average molecular weight is 473 g/mol. The van der Waals surface area contributed by atoms with Gasteiger partial charge in [-0.1, -0.05) is 43.9 Å². The van der Waals surface area contributed by atoms with Crippen molar-refractivity contribution in [2.45, 2.75) is 27.2 Å². The summed E-state index contributed by atoms with van der Waals surface area (Å²) in [6, 6.07) is 3.72. The van der Waals surface area contributed by atoms with Crippen molar-refractivity contribution in [3.8, 4) is 0 Å². The number of carboxylic acids is 1. The minimum absolute atomic E-state index is 0.162. The van der Waals surface area contributed by atoms with Crippen LogP contribution in [0.15, 0.2) is 28.0 Å². The van der Waals surface area contributed by atoms with Crippen LogP contribution in [0, 0.1) is 18.8 Å². The molecular formula is C22H24N4O4S2. The predicted octanol–water partition coefficient (Wildman–Crippen LogP) is 2.77. The van der Waals surface area contributed by atoms with Gasteiger partial charge in [-0.15, -0.1) is 0 Å². The summed E-state index contributed by atoms with van der Waals surface area (Å²) >= 11 is 6.20. The van der Waals surface area contributed by atoms with Crippen molar-refractivity contribution in [3.05, 3.63) is 44.7 Å². The zero-order valence-electron chi connectivity index (χ0n) is 18.1. The summed E-state index contributed by atoms with van der Waals surface area (Å²) < 4.78 is 1.65. The number of hydrogen-bond donors (Lipinski definition) is 1. The van der Waals surface area contributed by atoms with E-state index >= 15 is 0 Å². The van der Waals surface area contributed by atoms with E-state index in [1.54, 1.807) is 6.20 Å². The first-order valence-electron chi connectivity index (χ1n) is 10.4. The highest BCUT2D eigenvalue weighted by Crippen LogP contribution is 2.34. The Morgan fingerprint density at radius 3 is 2.62 bits per heavy atom. The molecule has 0 spiro atoms. The van der Waals surface area contributed by atoms with Gasteiger partial charge in [0, 0.05) is 19.3 Å². The number of carbonyl (C=O) groups is 2. The van der Waals surface area contributed by atoms with Gasteiger partial charge >= 0.3 is 5.97 Å². The molecule has 2 atom stereocenters. The smallest absolute Gasteiger partial charge is 0.323 e. The van der Waals surface area contributed by atoms with Crippen LogP contribution in [0.25, 0.3) is 11.7 Å². The van der Waals surface area contributed by atoms with E-state index in [2.05, 4.69) is 18.7 Å². The molecule has 32 heavy (non-hydrogen) atoms. The van der Waals surface area contributed by atoms with E-state index in [-0.39, 0.29) is 14.8 Å². The lowest BCUT2D eigenvalue weighted by atomic mass is 9.91. The van der Waals surface area contributed by atoms with Crippen LogP contribution in [0.5, 0.6) is 0 Å². The fourth-order valence-corrected chi connectivity index (χ4v) is 5.59. The molecule has 0 aliphatic carbocycles. The van der Waals surface area contributed by atoms with Crippen LogP contribution in [0.1, 0.15) is 31.4 Å². The normalized spacial score (nSPS) is 22.9. The van der Waals surface area contributed by atoms with E-state index in [0.29, 0.717) is 28.9 Å². The van der Waals surface area contributed by atoms with E-state index in [4.69, 9.17) is 22.3 Å². The summed E-state index contributed by atoms with van der Waals surface area (Å²) in [5, 5.41) is 9.09. The highest BCUT2D eigenvalue weighted by molar-refractivity contribution is 8.26. The van der Waals surface area contributed by atoms with Crippen LogP contribution in [-0.4, -0.2) is 55.2 Å². The highest BCUT2D eigenvalue weighted by atomic mass is 32.2. The molecule has 2 aromatic rings. The number of fused-ring (bicyclic) bond motifs is 1. The van der Waals surface area contributed by atoms with Gasteiger partial charge in [0.05, 0.1) is 10.5 Å². The van der Waals surface area contributed by atoms with E-state index in [1.165, 1.54) is 10.5 Å². The third kappa shape index (κ3) is 4.29. The van der Waals surface area contributed by atoms with Gasteiger partial charge < -0.3 is 10.0 Å². The van der Waals surface area contributed by atoms with E-state index < -0.39 is 18.4 Å². The van der Waals surface area contributed by atoms with Crippen molar-refractivity contribution in [1.29, 1.82) is 0 Å². The first kappa shape index (κ1) is 22.5. The van der Waals surface area contributed by atoms with Gasteiger partial charge in [0.2, 0.25) is 0 Å². The first-order chi connectivity index (χ1) is 15.1. The van der Waals surface area contributed by atoms with Crippen LogP contribution < -0.4 is 10.5 Å². The van der Waals surface area contributed by atoms with Crippen molar-refractivity contribution in [2.24, 2.45) is 11.8 Å². The minimum Gasteiger partial charge on any atom is -0.480 e. The Morgan fingerprint density at radius 1 is 1.28 bits per heavy atom. The van der Waals surface area contributed by atoms with Crippen LogP contribution >= 0.6 is 24.0 Å². The molecule has 2 aromatic heterocycles. The van der Waals surface area contributed by atoms with Crippen LogP contribution in [0.4, 0.5) is 5.82 Å². The number of thiocarbonyl (C=S) groups is 1. The molecule has 2 unspecified atom stereocenters. The predicted molar refractivity (Wildman–Crippen MR) is 129 cm³/mol. The highest BCUT2D eigenvalue weighted by Gasteiger charge is 2.34. The fourth-order valence-electron chi connectivity index (χ4n) is 4.35. The zero-order chi connectivity index (χ0) is 23.2. The van der Waals surface area contributed by atoms with E-state index in [9.17, 15) is 14.4 Å². The lowest BCUT2D eigenvalue weighted by molar-refractivity contribution is -0.140. The maximum Gasteiger partial charge on any atom is 0.323 e. The fraction of sp³-hybridized carbons (Fsp3) is 0.409.